The Morgan fingerprint density at radius 3 is 2.85 bits per heavy atom. The Bertz CT molecular complexity index is 884. The summed E-state index contributed by atoms with van der Waals surface area (Å²) >= 11 is 11.0. The fourth-order valence-corrected chi connectivity index (χ4v) is 4.91. The minimum Gasteiger partial charge on any atom is -0.462 e. The smallest absolute Gasteiger partial charge is 0.341 e. The van der Waals surface area contributed by atoms with Gasteiger partial charge < -0.3 is 10.1 Å². The summed E-state index contributed by atoms with van der Waals surface area (Å²) in [5.41, 5.74) is 1.81. The van der Waals surface area contributed by atoms with Gasteiger partial charge in [0.1, 0.15) is 5.00 Å². The molecule has 2 heterocycles. The van der Waals surface area contributed by atoms with E-state index in [2.05, 4.69) is 33.1 Å². The van der Waals surface area contributed by atoms with Crippen LogP contribution in [-0.4, -0.2) is 36.5 Å². The summed E-state index contributed by atoms with van der Waals surface area (Å²) < 4.78 is 6.00. The molecule has 0 atom stereocenters. The fraction of sp³-hybridized carbons (Fsp3) is 0.368. The molecule has 0 aliphatic carbocycles. The van der Waals surface area contributed by atoms with E-state index in [1.54, 1.807) is 25.1 Å². The van der Waals surface area contributed by atoms with Gasteiger partial charge in [-0.2, -0.15) is 0 Å². The molecule has 0 bridgehead atoms. The number of ether oxygens (including phenoxy) is 1. The SMILES string of the molecule is CCOC(=O)c1c(NC(=O)c2cc(Br)ccc2Cl)sc2c1CCN(CC)C2. The van der Waals surface area contributed by atoms with E-state index in [1.165, 1.54) is 11.3 Å². The third kappa shape index (κ3) is 4.37. The van der Waals surface area contributed by atoms with Crippen LogP contribution < -0.4 is 5.32 Å². The number of thiophene rings is 1. The summed E-state index contributed by atoms with van der Waals surface area (Å²) in [5.74, 6) is -0.742. The molecule has 144 valence electrons. The van der Waals surface area contributed by atoms with E-state index in [9.17, 15) is 9.59 Å². The van der Waals surface area contributed by atoms with Crippen molar-refractivity contribution in [1.29, 1.82) is 0 Å². The molecule has 1 aromatic carbocycles. The average Bonchev–Trinajstić information content (AvgIpc) is 3.00. The van der Waals surface area contributed by atoms with Gasteiger partial charge in [0.05, 0.1) is 22.8 Å². The first-order chi connectivity index (χ1) is 12.9. The lowest BCUT2D eigenvalue weighted by Crippen LogP contribution is -2.30. The molecule has 1 aromatic heterocycles. The van der Waals surface area contributed by atoms with Gasteiger partial charge in [-0.05, 0) is 43.7 Å². The molecule has 1 N–H and O–H groups in total. The Balaban J connectivity index is 1.96. The summed E-state index contributed by atoms with van der Waals surface area (Å²) in [6.07, 6.45) is 0.765. The number of nitrogens with zero attached hydrogens (tertiary/aromatic N) is 1. The van der Waals surface area contributed by atoms with Crippen molar-refractivity contribution in [2.45, 2.75) is 26.8 Å². The first-order valence-electron chi connectivity index (χ1n) is 8.75. The van der Waals surface area contributed by atoms with Crippen molar-refractivity contribution in [3.63, 3.8) is 0 Å². The normalized spacial score (nSPS) is 13.9. The monoisotopic (exact) mass is 470 g/mol. The van der Waals surface area contributed by atoms with E-state index < -0.39 is 5.97 Å². The number of esters is 1. The predicted octanol–water partition coefficient (Wildman–Crippen LogP) is 4.97. The fourth-order valence-electron chi connectivity index (χ4n) is 3.08. The van der Waals surface area contributed by atoms with Crippen LogP contribution in [0.25, 0.3) is 0 Å². The highest BCUT2D eigenvalue weighted by molar-refractivity contribution is 9.10. The molecule has 0 fully saturated rings. The lowest BCUT2D eigenvalue weighted by molar-refractivity contribution is 0.0526. The number of carbonyl (C=O) groups is 2. The third-order valence-corrected chi connectivity index (χ3v) is 6.42. The van der Waals surface area contributed by atoms with E-state index in [0.717, 1.165) is 41.0 Å². The predicted molar refractivity (Wildman–Crippen MR) is 112 cm³/mol. The van der Waals surface area contributed by atoms with E-state index >= 15 is 0 Å². The zero-order valence-corrected chi connectivity index (χ0v) is 18.3. The number of likely N-dealkylation sites (N-methyl/N-ethyl adjacent to an activating group) is 1. The lowest BCUT2D eigenvalue weighted by Gasteiger charge is -2.25. The quantitative estimate of drug-likeness (QED) is 0.626. The largest absolute Gasteiger partial charge is 0.462 e. The second-order valence-electron chi connectivity index (χ2n) is 6.13. The van der Waals surface area contributed by atoms with Crippen molar-refractivity contribution in [3.05, 3.63) is 49.3 Å². The number of fused-ring (bicyclic) bond motifs is 1. The maximum absolute atomic E-state index is 12.8. The maximum atomic E-state index is 12.8. The summed E-state index contributed by atoms with van der Waals surface area (Å²) in [6.45, 7) is 6.78. The number of carbonyl (C=O) groups excluding carboxylic acids is 2. The summed E-state index contributed by atoms with van der Waals surface area (Å²) in [4.78, 5) is 28.8. The topological polar surface area (TPSA) is 58.6 Å². The van der Waals surface area contributed by atoms with Crippen LogP contribution >= 0.6 is 38.9 Å². The van der Waals surface area contributed by atoms with Crippen molar-refractivity contribution in [2.75, 3.05) is 25.0 Å². The number of benzene rings is 1. The van der Waals surface area contributed by atoms with Crippen LogP contribution in [0, 0.1) is 0 Å². The van der Waals surface area contributed by atoms with Crippen molar-refractivity contribution in [2.24, 2.45) is 0 Å². The van der Waals surface area contributed by atoms with Gasteiger partial charge in [-0.25, -0.2) is 4.79 Å². The number of hydrogen-bond acceptors (Lipinski definition) is 5. The second-order valence-corrected chi connectivity index (χ2v) is 8.55. The van der Waals surface area contributed by atoms with Gasteiger partial charge in [-0.3, -0.25) is 9.69 Å². The van der Waals surface area contributed by atoms with Crippen molar-refractivity contribution < 1.29 is 14.3 Å². The number of amides is 1. The van der Waals surface area contributed by atoms with Crippen LogP contribution in [0.5, 0.6) is 0 Å². The van der Waals surface area contributed by atoms with Crippen LogP contribution in [-0.2, 0) is 17.7 Å². The van der Waals surface area contributed by atoms with Crippen LogP contribution in [0.2, 0.25) is 5.02 Å². The van der Waals surface area contributed by atoms with E-state index in [4.69, 9.17) is 16.3 Å². The molecule has 0 unspecified atom stereocenters. The van der Waals surface area contributed by atoms with Crippen LogP contribution in [0.3, 0.4) is 0 Å². The Hall–Kier alpha value is -1.41. The number of hydrogen-bond donors (Lipinski definition) is 1. The first kappa shape index (κ1) is 20.3. The Morgan fingerprint density at radius 2 is 2.15 bits per heavy atom. The zero-order chi connectivity index (χ0) is 19.6. The van der Waals surface area contributed by atoms with Crippen LogP contribution in [0.1, 0.15) is 45.0 Å². The molecule has 1 aliphatic rings. The minimum atomic E-state index is -0.393. The molecule has 3 rings (SSSR count). The second kappa shape index (κ2) is 8.73. The molecule has 0 saturated heterocycles. The van der Waals surface area contributed by atoms with Gasteiger partial charge >= 0.3 is 5.97 Å². The Labute approximate surface area is 175 Å². The highest BCUT2D eigenvalue weighted by Crippen LogP contribution is 2.38. The molecule has 0 spiro atoms. The molecule has 27 heavy (non-hydrogen) atoms. The molecule has 1 aliphatic heterocycles. The summed E-state index contributed by atoms with van der Waals surface area (Å²) in [5, 5.41) is 3.76. The van der Waals surface area contributed by atoms with Gasteiger partial charge in [0.2, 0.25) is 0 Å². The molecule has 5 nitrogen and oxygen atoms in total. The number of rotatable bonds is 5. The van der Waals surface area contributed by atoms with Crippen molar-refractivity contribution >= 4 is 55.7 Å². The zero-order valence-electron chi connectivity index (χ0n) is 15.1. The summed E-state index contributed by atoms with van der Waals surface area (Å²) in [7, 11) is 0. The number of anilines is 1. The standard InChI is InChI=1S/C19H20BrClN2O3S/c1-3-23-8-7-12-15(10-23)27-18(16(12)19(25)26-4-2)22-17(24)13-9-11(20)5-6-14(13)21/h5-6,9H,3-4,7-8,10H2,1-2H3,(H,22,24). The van der Waals surface area contributed by atoms with Gasteiger partial charge in [0.15, 0.2) is 0 Å². The molecular formula is C19H20BrClN2O3S. The highest BCUT2D eigenvalue weighted by atomic mass is 79.9. The average molecular weight is 472 g/mol. The minimum absolute atomic E-state index is 0.287. The van der Waals surface area contributed by atoms with Gasteiger partial charge in [-0.15, -0.1) is 11.3 Å². The van der Waals surface area contributed by atoms with Crippen molar-refractivity contribution in [1.82, 2.24) is 4.90 Å². The lowest BCUT2D eigenvalue weighted by atomic mass is 10.0. The van der Waals surface area contributed by atoms with E-state index in [1.807, 2.05) is 0 Å². The number of halogens is 2. The third-order valence-electron chi connectivity index (χ3n) is 4.46. The molecule has 1 amide bonds. The molecule has 0 saturated carbocycles. The van der Waals surface area contributed by atoms with E-state index in [-0.39, 0.29) is 12.5 Å². The van der Waals surface area contributed by atoms with E-state index in [0.29, 0.717) is 21.2 Å². The van der Waals surface area contributed by atoms with Crippen LogP contribution in [0.15, 0.2) is 22.7 Å². The maximum Gasteiger partial charge on any atom is 0.341 e. The van der Waals surface area contributed by atoms with Gasteiger partial charge in [-0.1, -0.05) is 34.5 Å². The Kier molecular flexibility index (Phi) is 6.57. The van der Waals surface area contributed by atoms with Crippen molar-refractivity contribution in [3.8, 4) is 0 Å². The summed E-state index contributed by atoms with van der Waals surface area (Å²) in [6, 6.07) is 5.09. The highest BCUT2D eigenvalue weighted by Gasteiger charge is 2.29. The molecule has 2 aromatic rings. The number of nitrogens with one attached hydrogen (secondary N) is 1. The van der Waals surface area contributed by atoms with Gasteiger partial charge in [0, 0.05) is 22.4 Å². The first-order valence-corrected chi connectivity index (χ1v) is 10.7. The molecule has 0 radical (unpaired) electrons. The molecular weight excluding hydrogens is 452 g/mol. The Morgan fingerprint density at radius 1 is 1.37 bits per heavy atom. The van der Waals surface area contributed by atoms with Crippen LogP contribution in [0.4, 0.5) is 5.00 Å². The van der Waals surface area contributed by atoms with Gasteiger partial charge in [0.25, 0.3) is 5.91 Å². The molecule has 8 heteroatoms.